The maximum atomic E-state index is 12.7. The van der Waals surface area contributed by atoms with Gasteiger partial charge in [-0.15, -0.1) is 0 Å². The van der Waals surface area contributed by atoms with Crippen LogP contribution in [0.4, 0.5) is 0 Å². The van der Waals surface area contributed by atoms with E-state index in [2.05, 4.69) is 23.0 Å². The van der Waals surface area contributed by atoms with Crippen LogP contribution in [-0.2, 0) is 9.59 Å². The molecule has 2 atom stereocenters. The molecule has 1 aliphatic carbocycles. The van der Waals surface area contributed by atoms with E-state index >= 15 is 0 Å². The number of rotatable bonds is 3. The molecule has 3 fully saturated rings. The molecule has 4 rings (SSSR count). The van der Waals surface area contributed by atoms with Crippen LogP contribution in [-0.4, -0.2) is 53.8 Å². The van der Waals surface area contributed by atoms with Gasteiger partial charge < -0.3 is 9.80 Å². The predicted molar refractivity (Wildman–Crippen MR) is 89.7 cm³/mol. The molecule has 2 heterocycles. The van der Waals surface area contributed by atoms with Crippen molar-refractivity contribution in [2.75, 3.05) is 26.2 Å². The van der Waals surface area contributed by atoms with Gasteiger partial charge >= 0.3 is 0 Å². The fraction of sp³-hybridized carbons (Fsp3) is 0.556. The first-order valence-corrected chi connectivity index (χ1v) is 8.86. The first kappa shape index (κ1) is 15.6. The lowest BCUT2D eigenvalue weighted by Crippen LogP contribution is -2.55. The number of hydrogen-bond acceptors (Lipinski definition) is 4. The zero-order valence-electron chi connectivity index (χ0n) is 13.8. The van der Waals surface area contributed by atoms with Gasteiger partial charge in [0.2, 0.25) is 11.8 Å². The number of carbonyl (C=O) groups is 2. The van der Waals surface area contributed by atoms with Crippen LogP contribution in [0.25, 0.3) is 0 Å². The van der Waals surface area contributed by atoms with Gasteiger partial charge in [0.05, 0.1) is 0 Å². The molecule has 1 saturated carbocycles. The Kier molecular flexibility index (Phi) is 4.24. The molecular weight excluding hydrogens is 304 g/mol. The van der Waals surface area contributed by atoms with Crippen LogP contribution in [0.15, 0.2) is 30.3 Å². The second-order valence-electron chi connectivity index (χ2n) is 6.97. The predicted octanol–water partition coefficient (Wildman–Crippen LogP) is 0.675. The lowest BCUT2D eigenvalue weighted by molar-refractivity contribution is -0.141. The first-order chi connectivity index (χ1) is 11.7. The molecule has 2 saturated heterocycles. The Hall–Kier alpha value is -1.92. The van der Waals surface area contributed by atoms with Crippen molar-refractivity contribution in [1.82, 2.24) is 20.7 Å². The van der Waals surface area contributed by atoms with Crippen LogP contribution >= 0.6 is 0 Å². The lowest BCUT2D eigenvalue weighted by atomic mass is 10.0. The second-order valence-corrected chi connectivity index (χ2v) is 6.97. The third-order valence-electron chi connectivity index (χ3n) is 5.23. The number of nitrogens with zero attached hydrogens (tertiary/aromatic N) is 2. The summed E-state index contributed by atoms with van der Waals surface area (Å²) in [5.74, 6) is 0.686. The van der Waals surface area contributed by atoms with E-state index in [1.807, 2.05) is 28.0 Å². The SMILES string of the molecule is O=C(C1CC1)N1CCN(C(=O)C2CC(c3ccccc3)NN2)CC1. The van der Waals surface area contributed by atoms with Crippen LogP contribution in [0.1, 0.15) is 30.9 Å². The fourth-order valence-corrected chi connectivity index (χ4v) is 3.58. The van der Waals surface area contributed by atoms with Crippen molar-refractivity contribution in [3.63, 3.8) is 0 Å². The molecule has 2 aliphatic heterocycles. The maximum absolute atomic E-state index is 12.7. The summed E-state index contributed by atoms with van der Waals surface area (Å²) in [6.45, 7) is 2.63. The van der Waals surface area contributed by atoms with Crippen LogP contribution in [0, 0.1) is 5.92 Å². The molecule has 1 aromatic rings. The summed E-state index contributed by atoms with van der Waals surface area (Å²) in [4.78, 5) is 28.6. The average molecular weight is 328 g/mol. The molecule has 2 unspecified atom stereocenters. The standard InChI is InChI=1S/C18H24N4O2/c23-17(14-6-7-14)21-8-10-22(11-9-21)18(24)16-12-15(19-20-16)13-4-2-1-3-5-13/h1-5,14-16,19-20H,6-12H2. The van der Waals surface area contributed by atoms with Gasteiger partial charge in [-0.25, -0.2) is 10.9 Å². The number of hydrazine groups is 1. The third-order valence-corrected chi connectivity index (χ3v) is 5.23. The number of nitrogens with one attached hydrogen (secondary N) is 2. The van der Waals surface area contributed by atoms with Crippen molar-refractivity contribution in [1.29, 1.82) is 0 Å². The number of amides is 2. The van der Waals surface area contributed by atoms with Crippen LogP contribution < -0.4 is 10.9 Å². The number of hydrogen-bond donors (Lipinski definition) is 2. The quantitative estimate of drug-likeness (QED) is 0.856. The van der Waals surface area contributed by atoms with Gasteiger partial charge in [0.1, 0.15) is 6.04 Å². The van der Waals surface area contributed by atoms with E-state index < -0.39 is 0 Å². The number of piperazine rings is 1. The van der Waals surface area contributed by atoms with Gasteiger partial charge in [-0.1, -0.05) is 30.3 Å². The number of benzene rings is 1. The molecule has 6 nitrogen and oxygen atoms in total. The molecule has 1 aromatic carbocycles. The van der Waals surface area contributed by atoms with E-state index in [0.29, 0.717) is 26.2 Å². The Labute approximate surface area is 142 Å². The smallest absolute Gasteiger partial charge is 0.241 e. The van der Waals surface area contributed by atoms with Crippen molar-refractivity contribution in [2.24, 2.45) is 5.92 Å². The minimum atomic E-state index is -0.194. The zero-order chi connectivity index (χ0) is 16.5. The summed E-state index contributed by atoms with van der Waals surface area (Å²) < 4.78 is 0. The molecule has 0 bridgehead atoms. The zero-order valence-corrected chi connectivity index (χ0v) is 13.8. The summed E-state index contributed by atoms with van der Waals surface area (Å²) in [7, 11) is 0. The minimum Gasteiger partial charge on any atom is -0.339 e. The van der Waals surface area contributed by atoms with Gasteiger partial charge in [0, 0.05) is 38.1 Å². The van der Waals surface area contributed by atoms with E-state index in [1.54, 1.807) is 0 Å². The highest BCUT2D eigenvalue weighted by Gasteiger charge is 2.37. The lowest BCUT2D eigenvalue weighted by Gasteiger charge is -2.36. The molecule has 0 radical (unpaired) electrons. The Balaban J connectivity index is 1.30. The van der Waals surface area contributed by atoms with Gasteiger partial charge in [0.25, 0.3) is 0 Å². The van der Waals surface area contributed by atoms with Crippen molar-refractivity contribution in [2.45, 2.75) is 31.3 Å². The molecule has 128 valence electrons. The van der Waals surface area contributed by atoms with Crippen molar-refractivity contribution in [3.05, 3.63) is 35.9 Å². The van der Waals surface area contributed by atoms with Crippen molar-refractivity contribution < 1.29 is 9.59 Å². The molecule has 2 N–H and O–H groups in total. The highest BCUT2D eigenvalue weighted by Crippen LogP contribution is 2.31. The second kappa shape index (κ2) is 6.53. The molecular formula is C18H24N4O2. The van der Waals surface area contributed by atoms with Crippen molar-refractivity contribution in [3.8, 4) is 0 Å². The van der Waals surface area contributed by atoms with E-state index in [9.17, 15) is 9.59 Å². The van der Waals surface area contributed by atoms with Crippen molar-refractivity contribution >= 4 is 11.8 Å². The van der Waals surface area contributed by atoms with Crippen LogP contribution in [0.3, 0.4) is 0 Å². The topological polar surface area (TPSA) is 64.7 Å². The van der Waals surface area contributed by atoms with Gasteiger partial charge in [-0.05, 0) is 24.8 Å². The van der Waals surface area contributed by atoms with Crippen LogP contribution in [0.5, 0.6) is 0 Å². The van der Waals surface area contributed by atoms with E-state index in [1.165, 1.54) is 5.56 Å². The molecule has 0 aromatic heterocycles. The highest BCUT2D eigenvalue weighted by molar-refractivity contribution is 5.84. The Morgan fingerprint density at radius 2 is 1.50 bits per heavy atom. The summed E-state index contributed by atoms with van der Waals surface area (Å²) in [6.07, 6.45) is 2.83. The van der Waals surface area contributed by atoms with Crippen LogP contribution in [0.2, 0.25) is 0 Å². The largest absolute Gasteiger partial charge is 0.339 e. The highest BCUT2D eigenvalue weighted by atomic mass is 16.2. The third kappa shape index (κ3) is 3.16. The van der Waals surface area contributed by atoms with E-state index in [-0.39, 0.29) is 29.8 Å². The van der Waals surface area contributed by atoms with Gasteiger partial charge in [-0.3, -0.25) is 9.59 Å². The first-order valence-electron chi connectivity index (χ1n) is 8.86. The Morgan fingerprint density at radius 1 is 0.875 bits per heavy atom. The van der Waals surface area contributed by atoms with E-state index in [0.717, 1.165) is 19.3 Å². The van der Waals surface area contributed by atoms with E-state index in [4.69, 9.17) is 0 Å². The number of carbonyl (C=O) groups excluding carboxylic acids is 2. The summed E-state index contributed by atoms with van der Waals surface area (Å²) >= 11 is 0. The Bertz CT molecular complexity index is 609. The summed E-state index contributed by atoms with van der Waals surface area (Å²) in [6, 6.07) is 10.2. The molecule has 2 amide bonds. The van der Waals surface area contributed by atoms with Gasteiger partial charge in [-0.2, -0.15) is 0 Å². The normalized spacial score (nSPS) is 27.3. The molecule has 3 aliphatic rings. The van der Waals surface area contributed by atoms with Gasteiger partial charge in [0.15, 0.2) is 0 Å². The fourth-order valence-electron chi connectivity index (χ4n) is 3.58. The Morgan fingerprint density at radius 3 is 2.12 bits per heavy atom. The monoisotopic (exact) mass is 328 g/mol. The summed E-state index contributed by atoms with van der Waals surface area (Å²) in [5, 5.41) is 0. The molecule has 0 spiro atoms. The maximum Gasteiger partial charge on any atom is 0.241 e. The molecule has 24 heavy (non-hydrogen) atoms. The molecule has 6 heteroatoms. The summed E-state index contributed by atoms with van der Waals surface area (Å²) in [5.41, 5.74) is 7.57. The average Bonchev–Trinajstić information content (AvgIpc) is 3.38. The minimum absolute atomic E-state index is 0.138.